The summed E-state index contributed by atoms with van der Waals surface area (Å²) < 4.78 is 15.1. The van der Waals surface area contributed by atoms with Gasteiger partial charge in [-0.05, 0) is 11.2 Å². The minimum Gasteiger partial charge on any atom is -0.368 e. The van der Waals surface area contributed by atoms with Crippen LogP contribution in [0.25, 0.3) is 0 Å². The molecule has 0 unspecified atom stereocenters. The third kappa shape index (κ3) is 3.24. The second-order valence-electron chi connectivity index (χ2n) is 1.94. The van der Waals surface area contributed by atoms with Crippen molar-refractivity contribution in [3.05, 3.63) is 0 Å². The number of hydrogen-bond donors (Lipinski definition) is 0. The molecule has 0 aromatic rings. The normalized spacial score (nSPS) is 11.7. The van der Waals surface area contributed by atoms with E-state index in [1.54, 1.807) is 6.92 Å². The summed E-state index contributed by atoms with van der Waals surface area (Å²) >= 11 is 1.03. The van der Waals surface area contributed by atoms with Crippen LogP contribution in [0.1, 0.15) is 13.3 Å². The molecule has 0 aromatic heterocycles. The van der Waals surface area contributed by atoms with Gasteiger partial charge in [-0.1, -0.05) is 6.92 Å². The van der Waals surface area contributed by atoms with Crippen molar-refractivity contribution in [3.8, 4) is 0 Å². The Bertz CT molecular complexity index is 140. The second-order valence-corrected chi connectivity index (χ2v) is 6.94. The topological polar surface area (TPSA) is 44.8 Å². The molecule has 0 aliphatic carbocycles. The Morgan fingerprint density at radius 1 is 1.25 bits per heavy atom. The van der Waals surface area contributed by atoms with E-state index in [0.29, 0.717) is 6.42 Å². The Balaban J connectivity index is 4.19. The van der Waals surface area contributed by atoms with E-state index in [-0.39, 0.29) is 5.12 Å². The average molecular weight is 210 g/mol. The van der Waals surface area contributed by atoms with E-state index in [9.17, 15) is 4.79 Å². The van der Waals surface area contributed by atoms with Gasteiger partial charge in [-0.3, -0.25) is 4.79 Å². The molecule has 12 heavy (non-hydrogen) atoms. The Hall–Kier alpha value is 0.117. The summed E-state index contributed by atoms with van der Waals surface area (Å²) in [5, 5.41) is 0.0206. The van der Waals surface area contributed by atoms with Crippen molar-refractivity contribution in [2.24, 2.45) is 0 Å². The van der Waals surface area contributed by atoms with Gasteiger partial charge in [0.2, 0.25) is 0 Å². The van der Waals surface area contributed by atoms with Crippen LogP contribution in [0.3, 0.4) is 0 Å². The van der Waals surface area contributed by atoms with Gasteiger partial charge in [0.1, 0.15) is 0 Å². The first-order chi connectivity index (χ1) is 5.64. The van der Waals surface area contributed by atoms with Crippen molar-refractivity contribution >= 4 is 24.3 Å². The van der Waals surface area contributed by atoms with Crippen LogP contribution in [0.5, 0.6) is 0 Å². The van der Waals surface area contributed by atoms with Gasteiger partial charge in [0.05, 0.1) is 0 Å². The number of carbonyl (C=O) groups is 1. The fourth-order valence-corrected chi connectivity index (χ4v) is 3.78. The molecule has 6 heteroatoms. The Morgan fingerprint density at radius 3 is 1.92 bits per heavy atom. The lowest BCUT2D eigenvalue weighted by Gasteiger charge is -2.21. The third-order valence-electron chi connectivity index (χ3n) is 1.28. The number of hydrogen-bond acceptors (Lipinski definition) is 5. The summed E-state index contributed by atoms with van der Waals surface area (Å²) in [6.07, 6.45) is 0.454. The van der Waals surface area contributed by atoms with E-state index in [1.807, 2.05) is 0 Å². The van der Waals surface area contributed by atoms with Crippen molar-refractivity contribution in [2.45, 2.75) is 13.3 Å². The molecule has 0 fully saturated rings. The highest BCUT2D eigenvalue weighted by molar-refractivity contribution is 8.37. The van der Waals surface area contributed by atoms with Gasteiger partial charge >= 0.3 is 7.95 Å². The molecule has 0 aliphatic heterocycles. The molecule has 0 saturated carbocycles. The highest BCUT2D eigenvalue weighted by Gasteiger charge is 2.42. The minimum absolute atomic E-state index is 0.0206. The Kier molecular flexibility index (Phi) is 5.77. The van der Waals surface area contributed by atoms with Gasteiger partial charge in [0.15, 0.2) is 5.12 Å². The largest absolute Gasteiger partial charge is 0.580 e. The first kappa shape index (κ1) is 12.1. The maximum Gasteiger partial charge on any atom is 0.580 e. The van der Waals surface area contributed by atoms with Gasteiger partial charge in [0, 0.05) is 27.8 Å². The van der Waals surface area contributed by atoms with Crippen molar-refractivity contribution < 1.29 is 18.1 Å². The predicted octanol–water partition coefficient (Wildman–Crippen LogP) is 1.03. The average Bonchev–Trinajstić information content (AvgIpc) is 2.14. The number of rotatable bonds is 5. The third-order valence-corrected chi connectivity index (χ3v) is 6.48. The Morgan fingerprint density at radius 2 is 1.67 bits per heavy atom. The van der Waals surface area contributed by atoms with Crippen LogP contribution >= 0.6 is 11.2 Å². The summed E-state index contributed by atoms with van der Waals surface area (Å²) in [4.78, 5) is 11.1. The van der Waals surface area contributed by atoms with Crippen LogP contribution in [-0.4, -0.2) is 34.4 Å². The minimum atomic E-state index is -2.73. The molecule has 72 valence electrons. The van der Waals surface area contributed by atoms with Crippen molar-refractivity contribution in [2.75, 3.05) is 21.3 Å². The van der Waals surface area contributed by atoms with Crippen LogP contribution in [0, 0.1) is 0 Å². The molecule has 4 nitrogen and oxygen atoms in total. The Labute approximate surface area is 77.6 Å². The van der Waals surface area contributed by atoms with E-state index in [4.69, 9.17) is 13.3 Å². The molecule has 0 amide bonds. The number of carbonyl (C=O) groups excluding carboxylic acids is 1. The molecule has 0 atom stereocenters. The molecule has 0 heterocycles. The lowest BCUT2D eigenvalue weighted by Crippen LogP contribution is -2.40. The summed E-state index contributed by atoms with van der Waals surface area (Å²) in [5.41, 5.74) is 0. The molecule has 0 spiro atoms. The van der Waals surface area contributed by atoms with Crippen LogP contribution in [-0.2, 0) is 18.1 Å². The van der Waals surface area contributed by atoms with Crippen LogP contribution < -0.4 is 0 Å². The van der Waals surface area contributed by atoms with E-state index in [0.717, 1.165) is 11.2 Å². The maximum atomic E-state index is 11.1. The smallest absolute Gasteiger partial charge is 0.368 e. The summed E-state index contributed by atoms with van der Waals surface area (Å²) in [5.74, 6) is 0. The lowest BCUT2D eigenvalue weighted by atomic mass is 10.6. The first-order valence-electron chi connectivity index (χ1n) is 3.51. The monoisotopic (exact) mass is 210 g/mol. The highest BCUT2D eigenvalue weighted by Crippen LogP contribution is 2.23. The van der Waals surface area contributed by atoms with Crippen molar-refractivity contribution in [3.63, 3.8) is 0 Å². The molecule has 0 N–H and O–H groups in total. The van der Waals surface area contributed by atoms with Crippen molar-refractivity contribution in [1.29, 1.82) is 0 Å². The van der Waals surface area contributed by atoms with Crippen molar-refractivity contribution in [1.82, 2.24) is 0 Å². The van der Waals surface area contributed by atoms with Gasteiger partial charge in [-0.2, -0.15) is 0 Å². The molecule has 0 rings (SSSR count). The molecular weight excluding hydrogens is 196 g/mol. The molecule has 0 aliphatic rings. The summed E-state index contributed by atoms with van der Waals surface area (Å²) in [6.45, 7) is 1.79. The SMILES string of the molecule is CCC(=O)S[Si](OC)(OC)OC. The molecule has 0 saturated heterocycles. The molecule has 0 aromatic carbocycles. The fourth-order valence-electron chi connectivity index (χ4n) is 0.587. The standard InChI is InChI=1S/C6H14O4SSi/c1-5-6(7)11-12(8-2,9-3)10-4/h5H2,1-4H3. The van der Waals surface area contributed by atoms with Crippen LogP contribution in [0.2, 0.25) is 0 Å². The van der Waals surface area contributed by atoms with Gasteiger partial charge in [-0.25, -0.2) is 0 Å². The van der Waals surface area contributed by atoms with Gasteiger partial charge in [0.25, 0.3) is 0 Å². The van der Waals surface area contributed by atoms with E-state index < -0.39 is 7.95 Å². The van der Waals surface area contributed by atoms with Gasteiger partial charge < -0.3 is 13.3 Å². The van der Waals surface area contributed by atoms with Crippen LogP contribution in [0.4, 0.5) is 0 Å². The van der Waals surface area contributed by atoms with E-state index >= 15 is 0 Å². The van der Waals surface area contributed by atoms with Gasteiger partial charge in [-0.15, -0.1) is 0 Å². The quantitative estimate of drug-likeness (QED) is 0.634. The molecular formula is C6H14O4SSi. The first-order valence-corrected chi connectivity index (χ1v) is 6.78. The van der Waals surface area contributed by atoms with E-state index in [1.165, 1.54) is 21.3 Å². The maximum absolute atomic E-state index is 11.1. The molecule has 0 radical (unpaired) electrons. The fraction of sp³-hybridized carbons (Fsp3) is 0.833. The van der Waals surface area contributed by atoms with E-state index in [2.05, 4.69) is 0 Å². The molecule has 0 bridgehead atoms. The zero-order chi connectivity index (χ0) is 9.61. The zero-order valence-electron chi connectivity index (χ0n) is 7.75. The van der Waals surface area contributed by atoms with Crippen LogP contribution in [0.15, 0.2) is 0 Å². The lowest BCUT2D eigenvalue weighted by molar-refractivity contribution is -0.110. The summed E-state index contributed by atoms with van der Waals surface area (Å²) in [6, 6.07) is 0. The zero-order valence-corrected chi connectivity index (χ0v) is 9.56. The predicted molar refractivity (Wildman–Crippen MR) is 49.7 cm³/mol. The summed E-state index contributed by atoms with van der Waals surface area (Å²) in [7, 11) is 1.71. The highest BCUT2D eigenvalue weighted by atomic mass is 32.4. The second kappa shape index (κ2) is 5.71.